The van der Waals surface area contributed by atoms with Gasteiger partial charge in [0.2, 0.25) is 11.7 Å². The van der Waals surface area contributed by atoms with Crippen molar-refractivity contribution >= 4 is 10.9 Å². The van der Waals surface area contributed by atoms with Crippen LogP contribution in [0.1, 0.15) is 17.0 Å². The summed E-state index contributed by atoms with van der Waals surface area (Å²) in [5.41, 5.74) is -0.509. The lowest BCUT2D eigenvalue weighted by Gasteiger charge is -2.11. The first-order chi connectivity index (χ1) is 13.0. The molecule has 0 fully saturated rings. The number of halogens is 3. The monoisotopic (exact) mass is 369 g/mol. The summed E-state index contributed by atoms with van der Waals surface area (Å²) in [6, 6.07) is 10.8. The molecule has 27 heavy (non-hydrogen) atoms. The molecule has 3 aromatic heterocycles. The number of nitriles is 1. The van der Waals surface area contributed by atoms with E-state index in [1.807, 2.05) is 0 Å². The van der Waals surface area contributed by atoms with Crippen LogP contribution in [0, 0.1) is 11.3 Å². The van der Waals surface area contributed by atoms with Crippen molar-refractivity contribution in [3.63, 3.8) is 0 Å². The Bertz CT molecular complexity index is 1160. The Morgan fingerprint density at radius 3 is 2.70 bits per heavy atom. The van der Waals surface area contributed by atoms with Gasteiger partial charge in [-0.2, -0.15) is 23.4 Å². The number of nitrogens with zero attached hydrogens (tertiary/aromatic N) is 5. The third-order valence-corrected chi connectivity index (χ3v) is 4.02. The van der Waals surface area contributed by atoms with Gasteiger partial charge in [-0.1, -0.05) is 11.2 Å². The number of benzene rings is 1. The molecular weight excluding hydrogens is 359 g/mol. The van der Waals surface area contributed by atoms with Crippen LogP contribution in [-0.4, -0.2) is 19.7 Å². The van der Waals surface area contributed by atoms with Crippen LogP contribution >= 0.6 is 0 Å². The average Bonchev–Trinajstić information content (AvgIpc) is 3.28. The van der Waals surface area contributed by atoms with E-state index in [4.69, 9.17) is 9.78 Å². The average molecular weight is 369 g/mol. The zero-order valence-electron chi connectivity index (χ0n) is 13.6. The first-order valence-electron chi connectivity index (χ1n) is 7.80. The van der Waals surface area contributed by atoms with Crippen molar-refractivity contribution in [1.82, 2.24) is 19.7 Å². The molecule has 0 aliphatic heterocycles. The number of alkyl halides is 3. The Hall–Kier alpha value is -3.67. The lowest BCUT2D eigenvalue weighted by atomic mass is 10.0. The zero-order chi connectivity index (χ0) is 19.0. The summed E-state index contributed by atoms with van der Waals surface area (Å²) in [7, 11) is 0. The lowest BCUT2D eigenvalue weighted by Crippen LogP contribution is -2.09. The highest BCUT2D eigenvalue weighted by molar-refractivity contribution is 5.86. The van der Waals surface area contributed by atoms with Crippen molar-refractivity contribution in [2.75, 3.05) is 0 Å². The van der Waals surface area contributed by atoms with Gasteiger partial charge >= 0.3 is 6.18 Å². The maximum Gasteiger partial charge on any atom is 0.418 e. The Morgan fingerprint density at radius 1 is 1.15 bits per heavy atom. The lowest BCUT2D eigenvalue weighted by molar-refractivity contribution is -0.136. The van der Waals surface area contributed by atoms with Gasteiger partial charge in [-0.05, 0) is 30.3 Å². The van der Waals surface area contributed by atoms with E-state index in [2.05, 4.69) is 15.1 Å². The summed E-state index contributed by atoms with van der Waals surface area (Å²) in [4.78, 5) is 8.35. The molecular formula is C18H10F3N5O. The fraction of sp³-hybridized carbons (Fsp3) is 0.111. The fourth-order valence-corrected chi connectivity index (χ4v) is 2.87. The quantitative estimate of drug-likeness (QED) is 0.545. The number of fused-ring (bicyclic) bond motifs is 1. The summed E-state index contributed by atoms with van der Waals surface area (Å²) >= 11 is 0. The minimum Gasteiger partial charge on any atom is -0.338 e. The molecule has 0 unspecified atom stereocenters. The summed E-state index contributed by atoms with van der Waals surface area (Å²) in [6.45, 7) is 0.0898. The largest absolute Gasteiger partial charge is 0.418 e. The topological polar surface area (TPSA) is 80.5 Å². The second-order valence-electron chi connectivity index (χ2n) is 5.70. The first-order valence-corrected chi connectivity index (χ1v) is 7.80. The molecule has 0 radical (unpaired) electrons. The van der Waals surface area contributed by atoms with Gasteiger partial charge in [-0.3, -0.25) is 4.98 Å². The van der Waals surface area contributed by atoms with Gasteiger partial charge < -0.3 is 9.09 Å². The fourth-order valence-electron chi connectivity index (χ4n) is 2.87. The highest BCUT2D eigenvalue weighted by Crippen LogP contribution is 2.37. The molecule has 9 heteroatoms. The van der Waals surface area contributed by atoms with Crippen LogP contribution in [0.4, 0.5) is 13.2 Å². The number of rotatable bonds is 3. The number of hydrogen-bond acceptors (Lipinski definition) is 5. The molecule has 134 valence electrons. The predicted octanol–water partition coefficient (Wildman–Crippen LogP) is 4.03. The van der Waals surface area contributed by atoms with E-state index in [1.54, 1.807) is 35.0 Å². The van der Waals surface area contributed by atoms with Crippen LogP contribution in [0.2, 0.25) is 0 Å². The van der Waals surface area contributed by atoms with Gasteiger partial charge in [0.05, 0.1) is 17.2 Å². The summed E-state index contributed by atoms with van der Waals surface area (Å²) < 4.78 is 46.9. The zero-order valence-corrected chi connectivity index (χ0v) is 13.6. The van der Waals surface area contributed by atoms with Crippen molar-refractivity contribution in [3.05, 3.63) is 65.8 Å². The maximum absolute atomic E-state index is 13.4. The summed E-state index contributed by atoms with van der Waals surface area (Å²) in [6.07, 6.45) is -1.55. The van der Waals surface area contributed by atoms with Crippen LogP contribution < -0.4 is 0 Å². The second-order valence-corrected chi connectivity index (χ2v) is 5.70. The number of hydrogen-bond donors (Lipinski definition) is 0. The molecule has 4 rings (SSSR count). The van der Waals surface area contributed by atoms with Crippen molar-refractivity contribution in [1.29, 1.82) is 5.26 Å². The van der Waals surface area contributed by atoms with Crippen molar-refractivity contribution in [3.8, 4) is 17.6 Å². The van der Waals surface area contributed by atoms with E-state index in [1.165, 1.54) is 18.3 Å². The Balaban J connectivity index is 1.72. The number of pyridine rings is 1. The van der Waals surface area contributed by atoms with Gasteiger partial charge in [0.25, 0.3) is 0 Å². The molecule has 3 heterocycles. The molecule has 0 atom stereocenters. The van der Waals surface area contributed by atoms with Gasteiger partial charge in [-0.25, -0.2) is 0 Å². The van der Waals surface area contributed by atoms with Crippen molar-refractivity contribution in [2.24, 2.45) is 0 Å². The molecule has 0 saturated carbocycles. The molecule has 0 aliphatic carbocycles. The minimum atomic E-state index is -4.63. The SMILES string of the molecule is N#Cc1ccc2c(ccn2Cc2nc(-c3ccccn3)no2)c1C(F)(F)F. The van der Waals surface area contributed by atoms with Gasteiger partial charge in [-0.15, -0.1) is 0 Å². The van der Waals surface area contributed by atoms with Crippen LogP contribution in [0.15, 0.2) is 53.3 Å². The molecule has 4 aromatic rings. The van der Waals surface area contributed by atoms with E-state index in [0.717, 1.165) is 6.07 Å². The highest BCUT2D eigenvalue weighted by atomic mass is 19.4. The van der Waals surface area contributed by atoms with E-state index < -0.39 is 17.3 Å². The van der Waals surface area contributed by atoms with E-state index in [9.17, 15) is 13.2 Å². The molecule has 0 spiro atoms. The molecule has 6 nitrogen and oxygen atoms in total. The van der Waals surface area contributed by atoms with Crippen molar-refractivity contribution in [2.45, 2.75) is 12.7 Å². The van der Waals surface area contributed by atoms with Crippen LogP contribution in [-0.2, 0) is 12.7 Å². The smallest absolute Gasteiger partial charge is 0.338 e. The van der Waals surface area contributed by atoms with E-state index >= 15 is 0 Å². The molecule has 1 aromatic carbocycles. The Labute approximate surface area is 150 Å². The minimum absolute atomic E-state index is 0.0500. The number of aromatic nitrogens is 4. The molecule has 0 N–H and O–H groups in total. The molecule has 0 amide bonds. The highest BCUT2D eigenvalue weighted by Gasteiger charge is 2.36. The molecule has 0 aliphatic rings. The van der Waals surface area contributed by atoms with Crippen LogP contribution in [0.5, 0.6) is 0 Å². The normalized spacial score (nSPS) is 11.6. The van der Waals surface area contributed by atoms with Gasteiger partial charge in [0.1, 0.15) is 12.2 Å². The Morgan fingerprint density at radius 2 is 2.00 bits per heavy atom. The van der Waals surface area contributed by atoms with Gasteiger partial charge in [0.15, 0.2) is 0 Å². The third-order valence-electron chi connectivity index (χ3n) is 4.02. The summed E-state index contributed by atoms with van der Waals surface area (Å²) in [5, 5.41) is 12.8. The standard InChI is InChI=1S/C18H10F3N5O/c19-18(20,21)16-11(9-22)4-5-14-12(16)6-8-26(14)10-15-24-17(25-27-15)13-3-1-2-7-23-13/h1-8H,10H2. The predicted molar refractivity (Wildman–Crippen MR) is 88.3 cm³/mol. The maximum atomic E-state index is 13.4. The van der Waals surface area contributed by atoms with E-state index in [-0.39, 0.29) is 17.8 Å². The van der Waals surface area contributed by atoms with Crippen LogP contribution in [0.3, 0.4) is 0 Å². The third kappa shape index (κ3) is 3.01. The van der Waals surface area contributed by atoms with E-state index in [0.29, 0.717) is 17.0 Å². The molecule has 0 bridgehead atoms. The Kier molecular flexibility index (Phi) is 3.88. The second kappa shape index (κ2) is 6.25. The van der Waals surface area contributed by atoms with Crippen molar-refractivity contribution < 1.29 is 17.7 Å². The summed E-state index contributed by atoms with van der Waals surface area (Å²) in [5.74, 6) is 0.524. The van der Waals surface area contributed by atoms with Gasteiger partial charge in [0, 0.05) is 23.3 Å². The molecule has 0 saturated heterocycles. The van der Waals surface area contributed by atoms with Crippen LogP contribution in [0.25, 0.3) is 22.4 Å². The first kappa shape index (κ1) is 16.8.